The molecule has 1 saturated heterocycles. The van der Waals surface area contributed by atoms with E-state index in [0.717, 1.165) is 24.3 Å². The zero-order valence-electron chi connectivity index (χ0n) is 15.6. The molecule has 10 heteroatoms. The zero-order chi connectivity index (χ0) is 20.6. The van der Waals surface area contributed by atoms with Crippen molar-refractivity contribution in [1.82, 2.24) is 9.21 Å². The third-order valence-electron chi connectivity index (χ3n) is 4.01. The summed E-state index contributed by atoms with van der Waals surface area (Å²) in [7, 11) is -3.97. The number of hydrogen-bond acceptors (Lipinski definition) is 4. The Kier molecular flexibility index (Phi) is 5.82. The molecule has 1 fully saturated rings. The van der Waals surface area contributed by atoms with Crippen LogP contribution in [0, 0.1) is 0 Å². The van der Waals surface area contributed by atoms with Crippen molar-refractivity contribution in [3.8, 4) is 0 Å². The molecule has 6 nitrogen and oxygen atoms in total. The normalized spacial score (nSPS) is 19.8. The zero-order valence-corrected chi connectivity index (χ0v) is 16.4. The fraction of sp³-hybridized carbons (Fsp3) is 0.588. The maximum absolute atomic E-state index is 12.8. The summed E-state index contributed by atoms with van der Waals surface area (Å²) in [6.45, 7) is 7.15. The van der Waals surface area contributed by atoms with E-state index in [4.69, 9.17) is 4.74 Å². The molecule has 0 saturated carbocycles. The number of amides is 1. The maximum atomic E-state index is 12.8. The monoisotopic (exact) mass is 408 g/mol. The lowest BCUT2D eigenvalue weighted by molar-refractivity contribution is -0.137. The standard InChI is InChI=1S/C17H23F3N2O4S/c1-12-11-21(15(23)26-16(2,3)4)9-10-22(12)27(24,25)14-7-5-13(6-8-14)17(18,19)20/h5-8,12H,9-11H2,1-4H3/t12-/m0/s1. The molecular formula is C17H23F3N2O4S. The third kappa shape index (κ3) is 5.13. The van der Waals surface area contributed by atoms with E-state index in [1.54, 1.807) is 27.7 Å². The lowest BCUT2D eigenvalue weighted by Crippen LogP contribution is -2.55. The van der Waals surface area contributed by atoms with Gasteiger partial charge in [0.2, 0.25) is 10.0 Å². The van der Waals surface area contributed by atoms with Crippen molar-refractivity contribution in [2.45, 2.75) is 50.4 Å². The summed E-state index contributed by atoms with van der Waals surface area (Å²) in [5.74, 6) is 0. The molecule has 0 aliphatic carbocycles. The number of carbonyl (C=O) groups excluding carboxylic acids is 1. The van der Waals surface area contributed by atoms with Crippen molar-refractivity contribution in [2.24, 2.45) is 0 Å². The van der Waals surface area contributed by atoms with Gasteiger partial charge in [-0.1, -0.05) is 0 Å². The lowest BCUT2D eigenvalue weighted by Gasteiger charge is -2.39. The molecule has 1 aliphatic heterocycles. The summed E-state index contributed by atoms with van der Waals surface area (Å²) in [4.78, 5) is 13.4. The molecular weight excluding hydrogens is 385 g/mol. The van der Waals surface area contributed by atoms with Crippen molar-refractivity contribution in [3.05, 3.63) is 29.8 Å². The Hall–Kier alpha value is -1.81. The summed E-state index contributed by atoms with van der Waals surface area (Å²) >= 11 is 0. The summed E-state index contributed by atoms with van der Waals surface area (Å²) < 4.78 is 70.0. The van der Waals surface area contributed by atoms with Crippen LogP contribution in [0.3, 0.4) is 0 Å². The van der Waals surface area contributed by atoms with Gasteiger partial charge in [0.25, 0.3) is 0 Å². The molecule has 1 aromatic rings. The fourth-order valence-corrected chi connectivity index (χ4v) is 4.35. The molecule has 1 aliphatic rings. The number of nitrogens with zero attached hydrogens (tertiary/aromatic N) is 2. The number of hydrogen-bond donors (Lipinski definition) is 0. The highest BCUT2D eigenvalue weighted by atomic mass is 32.2. The van der Waals surface area contributed by atoms with Gasteiger partial charge in [0.15, 0.2) is 0 Å². The van der Waals surface area contributed by atoms with Gasteiger partial charge >= 0.3 is 12.3 Å². The number of carbonyl (C=O) groups is 1. The molecule has 0 unspecified atom stereocenters. The highest BCUT2D eigenvalue weighted by Crippen LogP contribution is 2.30. The summed E-state index contributed by atoms with van der Waals surface area (Å²) in [6.07, 6.45) is -5.06. The summed E-state index contributed by atoms with van der Waals surface area (Å²) in [5.41, 5.74) is -1.58. The third-order valence-corrected chi connectivity index (χ3v) is 6.03. The number of ether oxygens (including phenoxy) is 1. The van der Waals surface area contributed by atoms with E-state index in [1.165, 1.54) is 9.21 Å². The Morgan fingerprint density at radius 1 is 1.11 bits per heavy atom. The molecule has 1 amide bonds. The smallest absolute Gasteiger partial charge is 0.416 e. The van der Waals surface area contributed by atoms with E-state index in [2.05, 4.69) is 0 Å². The van der Waals surface area contributed by atoms with Crippen LogP contribution in [0.1, 0.15) is 33.3 Å². The van der Waals surface area contributed by atoms with Gasteiger partial charge in [-0.05, 0) is 52.0 Å². The van der Waals surface area contributed by atoms with Crippen LogP contribution < -0.4 is 0 Å². The highest BCUT2D eigenvalue weighted by Gasteiger charge is 2.37. The van der Waals surface area contributed by atoms with Gasteiger partial charge in [-0.25, -0.2) is 13.2 Å². The van der Waals surface area contributed by atoms with Crippen molar-refractivity contribution in [1.29, 1.82) is 0 Å². The summed E-state index contributed by atoms with van der Waals surface area (Å²) in [5, 5.41) is 0. The molecule has 1 atom stereocenters. The number of alkyl halides is 3. The Morgan fingerprint density at radius 3 is 2.11 bits per heavy atom. The minimum atomic E-state index is -4.53. The Labute approximate surface area is 156 Å². The average molecular weight is 408 g/mol. The fourth-order valence-electron chi connectivity index (χ4n) is 2.74. The molecule has 27 heavy (non-hydrogen) atoms. The second-order valence-electron chi connectivity index (χ2n) is 7.41. The van der Waals surface area contributed by atoms with Crippen LogP contribution >= 0.6 is 0 Å². The van der Waals surface area contributed by atoms with Crippen LogP contribution in [0.4, 0.5) is 18.0 Å². The first-order valence-electron chi connectivity index (χ1n) is 8.39. The SMILES string of the molecule is C[C@H]1CN(C(=O)OC(C)(C)C)CCN1S(=O)(=O)c1ccc(C(F)(F)F)cc1. The van der Waals surface area contributed by atoms with E-state index in [-0.39, 0.29) is 24.5 Å². The van der Waals surface area contributed by atoms with Crippen LogP contribution in [-0.2, 0) is 20.9 Å². The first-order chi connectivity index (χ1) is 12.2. The average Bonchev–Trinajstić information content (AvgIpc) is 2.52. The maximum Gasteiger partial charge on any atom is 0.416 e. The number of benzene rings is 1. The molecule has 1 heterocycles. The number of halogens is 3. The van der Waals surface area contributed by atoms with E-state index in [9.17, 15) is 26.4 Å². The second kappa shape index (κ2) is 7.31. The molecule has 1 aromatic carbocycles. The van der Waals surface area contributed by atoms with E-state index >= 15 is 0 Å². The van der Waals surface area contributed by atoms with Gasteiger partial charge < -0.3 is 9.64 Å². The van der Waals surface area contributed by atoms with E-state index < -0.39 is 39.5 Å². The van der Waals surface area contributed by atoms with Crippen LogP contribution in [0.15, 0.2) is 29.2 Å². The minimum Gasteiger partial charge on any atom is -0.444 e. The van der Waals surface area contributed by atoms with Gasteiger partial charge in [-0.15, -0.1) is 0 Å². The van der Waals surface area contributed by atoms with Gasteiger partial charge in [0.1, 0.15) is 5.60 Å². The van der Waals surface area contributed by atoms with E-state index in [1.807, 2.05) is 0 Å². The quantitative estimate of drug-likeness (QED) is 0.753. The Morgan fingerprint density at radius 2 is 1.67 bits per heavy atom. The van der Waals surface area contributed by atoms with E-state index in [0.29, 0.717) is 0 Å². The second-order valence-corrected chi connectivity index (χ2v) is 9.30. The predicted octanol–water partition coefficient (Wildman–Crippen LogP) is 3.34. The first kappa shape index (κ1) is 21.5. The lowest BCUT2D eigenvalue weighted by atomic mass is 10.2. The summed E-state index contributed by atoms with van der Waals surface area (Å²) in [6, 6.07) is 2.85. The van der Waals surface area contributed by atoms with Gasteiger partial charge in [-0.2, -0.15) is 17.5 Å². The topological polar surface area (TPSA) is 66.9 Å². The van der Waals surface area contributed by atoms with Crippen LogP contribution in [0.25, 0.3) is 0 Å². The van der Waals surface area contributed by atoms with Crippen LogP contribution in [0.2, 0.25) is 0 Å². The number of rotatable bonds is 2. The Bertz CT molecular complexity index is 786. The molecule has 0 bridgehead atoms. The van der Waals surface area contributed by atoms with Crippen molar-refractivity contribution < 1.29 is 31.1 Å². The predicted molar refractivity (Wildman–Crippen MR) is 92.6 cm³/mol. The van der Waals surface area contributed by atoms with Crippen molar-refractivity contribution in [2.75, 3.05) is 19.6 Å². The highest BCUT2D eigenvalue weighted by molar-refractivity contribution is 7.89. The van der Waals surface area contributed by atoms with Crippen LogP contribution in [0.5, 0.6) is 0 Å². The molecule has 0 aromatic heterocycles. The molecule has 0 radical (unpaired) electrons. The Balaban J connectivity index is 2.13. The van der Waals surface area contributed by atoms with Crippen molar-refractivity contribution >= 4 is 16.1 Å². The molecule has 0 spiro atoms. The molecule has 2 rings (SSSR count). The van der Waals surface area contributed by atoms with Gasteiger partial charge in [0.05, 0.1) is 10.5 Å². The minimum absolute atomic E-state index is 0.0315. The van der Waals surface area contributed by atoms with Gasteiger partial charge in [-0.3, -0.25) is 0 Å². The number of sulfonamides is 1. The van der Waals surface area contributed by atoms with Crippen LogP contribution in [-0.4, -0.2) is 55.0 Å². The first-order valence-corrected chi connectivity index (χ1v) is 9.83. The molecule has 152 valence electrons. The molecule has 0 N–H and O–H groups in total. The number of piperazine rings is 1. The van der Waals surface area contributed by atoms with Crippen molar-refractivity contribution in [3.63, 3.8) is 0 Å². The van der Waals surface area contributed by atoms with Gasteiger partial charge in [0, 0.05) is 25.7 Å². The largest absolute Gasteiger partial charge is 0.444 e.